The first-order valence-corrected chi connectivity index (χ1v) is 3.53. The van der Waals surface area contributed by atoms with Gasteiger partial charge in [-0.25, -0.2) is 20.4 Å². The van der Waals surface area contributed by atoms with Crippen LogP contribution in [0, 0.1) is 16.7 Å². The van der Waals surface area contributed by atoms with E-state index in [1.807, 2.05) is 13.8 Å². The number of isocyanates is 2. The fourth-order valence-electron chi connectivity index (χ4n) is 0.575. The Labute approximate surface area is 77.2 Å². The summed E-state index contributed by atoms with van der Waals surface area (Å²) in [6.45, 7) is 5.71. The number of rotatable bonds is 2. The van der Waals surface area contributed by atoms with Crippen molar-refractivity contribution in [2.75, 3.05) is 0 Å². The highest BCUT2D eigenvalue weighted by Gasteiger charge is 1.95. The van der Waals surface area contributed by atoms with Crippen molar-refractivity contribution >= 4 is 17.9 Å². The van der Waals surface area contributed by atoms with Crippen LogP contribution in [-0.4, -0.2) is 17.9 Å². The first kappa shape index (κ1) is 17.5. The zero-order valence-corrected chi connectivity index (χ0v) is 8.01. The Morgan fingerprint density at radius 3 is 1.46 bits per heavy atom. The molecule has 0 unspecified atom stereocenters. The van der Waals surface area contributed by atoms with Gasteiger partial charge in [-0.1, -0.05) is 13.8 Å². The number of carbonyl (C=O) groups excluding carboxylic acids is 3. The molecule has 0 saturated heterocycles. The van der Waals surface area contributed by atoms with Crippen LogP contribution in [0.2, 0.25) is 0 Å². The van der Waals surface area contributed by atoms with Gasteiger partial charge in [0.15, 0.2) is 0 Å². The smallest absolute Gasteiger partial charge is 0.231 e. The number of nitrogens with one attached hydrogen (secondary N) is 2. The highest BCUT2D eigenvalue weighted by atomic mass is 16.1. The molecule has 0 spiro atoms. The van der Waals surface area contributed by atoms with Gasteiger partial charge >= 0.3 is 0 Å². The van der Waals surface area contributed by atoms with Crippen molar-refractivity contribution in [3.63, 3.8) is 0 Å². The van der Waals surface area contributed by atoms with E-state index in [4.69, 9.17) is 20.4 Å². The lowest BCUT2D eigenvalue weighted by Gasteiger charge is -1.95. The van der Waals surface area contributed by atoms with Crippen LogP contribution in [0.5, 0.6) is 0 Å². The van der Waals surface area contributed by atoms with Crippen LogP contribution < -0.4 is 0 Å². The van der Waals surface area contributed by atoms with E-state index in [-0.39, 0.29) is 5.78 Å². The normalized spacial score (nSPS) is 6.46. The van der Waals surface area contributed by atoms with E-state index >= 15 is 0 Å². The second kappa shape index (κ2) is 16.8. The average molecular weight is 186 g/mol. The molecule has 0 heterocycles. The van der Waals surface area contributed by atoms with E-state index in [2.05, 4.69) is 0 Å². The molecular formula is C8H14N2O3. The van der Waals surface area contributed by atoms with Crippen molar-refractivity contribution in [2.45, 2.75) is 27.2 Å². The minimum atomic E-state index is 0.287. The molecule has 2 N–H and O–H groups in total. The molecule has 0 aromatic heterocycles. The summed E-state index contributed by atoms with van der Waals surface area (Å²) in [4.78, 5) is 26.9. The Bertz CT molecular complexity index is 176. The molecule has 0 amide bonds. The van der Waals surface area contributed by atoms with Crippen molar-refractivity contribution < 1.29 is 14.4 Å². The minimum Gasteiger partial charge on any atom is -0.300 e. The predicted molar refractivity (Wildman–Crippen MR) is 47.0 cm³/mol. The SMILES string of the molecule is CC(=O)CC(C)C.N=C=O.N=C=O. The summed E-state index contributed by atoms with van der Waals surface area (Å²) in [5.41, 5.74) is 0. The third-order valence-corrected chi connectivity index (χ3v) is 0.696. The summed E-state index contributed by atoms with van der Waals surface area (Å²) >= 11 is 0. The standard InChI is InChI=1S/C6H12O.2CHNO/c1-5(2)4-6(3)7;2*2-1-3/h5H,4H2,1-3H3;2*2H. The molecule has 0 atom stereocenters. The van der Waals surface area contributed by atoms with Crippen LogP contribution in [-0.2, 0) is 14.4 Å². The van der Waals surface area contributed by atoms with Crippen molar-refractivity contribution in [1.29, 1.82) is 10.8 Å². The van der Waals surface area contributed by atoms with Crippen LogP contribution in [0.15, 0.2) is 0 Å². The monoisotopic (exact) mass is 186 g/mol. The van der Waals surface area contributed by atoms with Gasteiger partial charge in [0.25, 0.3) is 0 Å². The van der Waals surface area contributed by atoms with E-state index in [1.165, 1.54) is 0 Å². The summed E-state index contributed by atoms with van der Waals surface area (Å²) in [5, 5.41) is 10.8. The van der Waals surface area contributed by atoms with Crippen LogP contribution in [0.1, 0.15) is 27.2 Å². The summed E-state index contributed by atoms with van der Waals surface area (Å²) < 4.78 is 0. The second-order valence-electron chi connectivity index (χ2n) is 2.50. The lowest BCUT2D eigenvalue weighted by Crippen LogP contribution is -1.95. The molecule has 0 fully saturated rings. The lowest BCUT2D eigenvalue weighted by atomic mass is 10.1. The predicted octanol–water partition coefficient (Wildman–Crippen LogP) is 1.42. The van der Waals surface area contributed by atoms with Gasteiger partial charge in [0.05, 0.1) is 0 Å². The highest BCUT2D eigenvalue weighted by molar-refractivity contribution is 5.75. The van der Waals surface area contributed by atoms with Crippen molar-refractivity contribution in [3.05, 3.63) is 0 Å². The Morgan fingerprint density at radius 1 is 1.23 bits per heavy atom. The zero-order valence-electron chi connectivity index (χ0n) is 8.01. The van der Waals surface area contributed by atoms with Crippen molar-refractivity contribution in [1.82, 2.24) is 0 Å². The Kier molecular flexibility index (Phi) is 22.6. The molecule has 0 aromatic rings. The summed E-state index contributed by atoms with van der Waals surface area (Å²) in [7, 11) is 0. The first-order chi connectivity index (χ1) is 5.95. The van der Waals surface area contributed by atoms with E-state index in [0.29, 0.717) is 5.92 Å². The van der Waals surface area contributed by atoms with Crippen LogP contribution in [0.4, 0.5) is 0 Å². The van der Waals surface area contributed by atoms with E-state index < -0.39 is 0 Å². The average Bonchev–Trinajstić information content (AvgIpc) is 1.86. The van der Waals surface area contributed by atoms with Gasteiger partial charge in [0.2, 0.25) is 12.2 Å². The quantitative estimate of drug-likeness (QED) is 0.504. The molecule has 0 aromatic carbocycles. The van der Waals surface area contributed by atoms with E-state index in [0.717, 1.165) is 18.6 Å². The summed E-state index contributed by atoms with van der Waals surface area (Å²) in [6.07, 6.45) is 2.22. The summed E-state index contributed by atoms with van der Waals surface area (Å²) in [5.74, 6) is 0.813. The molecule has 0 radical (unpaired) electrons. The second-order valence-corrected chi connectivity index (χ2v) is 2.50. The molecule has 5 heteroatoms. The summed E-state index contributed by atoms with van der Waals surface area (Å²) in [6, 6.07) is 0. The molecule has 74 valence electrons. The highest BCUT2D eigenvalue weighted by Crippen LogP contribution is 1.97. The third-order valence-electron chi connectivity index (χ3n) is 0.696. The third kappa shape index (κ3) is 126. The number of Topliss-reactive ketones (excluding diaryl/α,β-unsaturated/α-hetero) is 1. The number of hydrogen-bond donors (Lipinski definition) is 2. The largest absolute Gasteiger partial charge is 0.300 e. The molecule has 0 bridgehead atoms. The maximum Gasteiger partial charge on any atom is 0.231 e. The molecule has 5 nitrogen and oxygen atoms in total. The Balaban J connectivity index is -0.000000140. The van der Waals surface area contributed by atoms with Crippen molar-refractivity contribution in [3.8, 4) is 0 Å². The van der Waals surface area contributed by atoms with E-state index in [1.54, 1.807) is 6.92 Å². The molecule has 0 aliphatic heterocycles. The number of ketones is 1. The van der Waals surface area contributed by atoms with Crippen molar-refractivity contribution in [2.24, 2.45) is 5.92 Å². The topological polar surface area (TPSA) is 98.9 Å². The Morgan fingerprint density at radius 2 is 1.46 bits per heavy atom. The van der Waals surface area contributed by atoms with Crippen LogP contribution >= 0.6 is 0 Å². The maximum absolute atomic E-state index is 10.3. The first-order valence-electron chi connectivity index (χ1n) is 3.53. The van der Waals surface area contributed by atoms with E-state index in [9.17, 15) is 4.79 Å². The van der Waals surface area contributed by atoms with Gasteiger partial charge in [0, 0.05) is 6.42 Å². The molecule has 0 aliphatic carbocycles. The van der Waals surface area contributed by atoms with Gasteiger partial charge in [-0.15, -0.1) is 0 Å². The number of hydrogen-bond acceptors (Lipinski definition) is 5. The fourth-order valence-corrected chi connectivity index (χ4v) is 0.575. The van der Waals surface area contributed by atoms with Gasteiger partial charge in [-0.05, 0) is 12.8 Å². The fraction of sp³-hybridized carbons (Fsp3) is 0.625. The maximum atomic E-state index is 10.3. The molecule has 0 saturated carbocycles. The van der Waals surface area contributed by atoms with Gasteiger partial charge in [-0.3, -0.25) is 0 Å². The molecular weight excluding hydrogens is 172 g/mol. The van der Waals surface area contributed by atoms with Crippen LogP contribution in [0.25, 0.3) is 0 Å². The Hall–Kier alpha value is -1.57. The van der Waals surface area contributed by atoms with Gasteiger partial charge in [0.1, 0.15) is 5.78 Å². The van der Waals surface area contributed by atoms with Gasteiger partial charge in [-0.2, -0.15) is 0 Å². The molecule has 13 heavy (non-hydrogen) atoms. The number of carbonyl (C=O) groups is 1. The minimum absolute atomic E-state index is 0.287. The zero-order chi connectivity index (χ0) is 11.3. The van der Waals surface area contributed by atoms with Crippen LogP contribution in [0.3, 0.4) is 0 Å². The molecule has 0 rings (SSSR count). The molecule has 0 aliphatic rings. The van der Waals surface area contributed by atoms with Gasteiger partial charge < -0.3 is 4.79 Å². The lowest BCUT2D eigenvalue weighted by molar-refractivity contribution is -0.117.